The predicted octanol–water partition coefficient (Wildman–Crippen LogP) is 1.32. The highest BCUT2D eigenvalue weighted by molar-refractivity contribution is 5.36. The normalized spacial score (nSPS) is 10.4. The lowest BCUT2D eigenvalue weighted by Crippen LogP contribution is -2.12. The van der Waals surface area contributed by atoms with Gasteiger partial charge in [0.25, 0.3) is 0 Å². The zero-order chi connectivity index (χ0) is 14.9. The van der Waals surface area contributed by atoms with E-state index in [0.717, 1.165) is 5.69 Å². The van der Waals surface area contributed by atoms with E-state index in [2.05, 4.69) is 20.4 Å². The summed E-state index contributed by atoms with van der Waals surface area (Å²) in [4.78, 5) is 12.7. The van der Waals surface area contributed by atoms with E-state index in [9.17, 15) is 0 Å². The molecule has 0 bridgehead atoms. The molecule has 2 aromatic heterocycles. The van der Waals surface area contributed by atoms with Gasteiger partial charge in [0, 0.05) is 31.0 Å². The molecule has 0 spiro atoms. The Morgan fingerprint density at radius 2 is 2.19 bits per heavy atom. The van der Waals surface area contributed by atoms with Crippen molar-refractivity contribution < 1.29 is 9.47 Å². The molecule has 0 amide bonds. The first-order valence-electron chi connectivity index (χ1n) is 6.77. The smallest absolute Gasteiger partial charge is 0.218 e. The van der Waals surface area contributed by atoms with Crippen molar-refractivity contribution in [3.05, 3.63) is 42.0 Å². The van der Waals surface area contributed by atoms with Crippen LogP contribution >= 0.6 is 0 Å². The summed E-state index contributed by atoms with van der Waals surface area (Å²) in [5, 5.41) is 0. The third-order valence-corrected chi connectivity index (χ3v) is 2.67. The Labute approximate surface area is 123 Å². The fraction of sp³-hybridized carbons (Fsp3) is 0.357. The second-order valence-electron chi connectivity index (χ2n) is 4.21. The minimum atomic E-state index is 0.322. The Kier molecular flexibility index (Phi) is 5.86. The molecule has 0 aromatic carbocycles. The number of nitrogens with one attached hydrogen (secondary N) is 1. The van der Waals surface area contributed by atoms with Gasteiger partial charge in [-0.1, -0.05) is 6.07 Å². The van der Waals surface area contributed by atoms with Gasteiger partial charge in [0.2, 0.25) is 5.88 Å². The number of hydrogen-bond acceptors (Lipinski definition) is 7. The van der Waals surface area contributed by atoms with Gasteiger partial charge in [-0.3, -0.25) is 4.98 Å². The number of ether oxygens (including phenoxy) is 2. The highest BCUT2D eigenvalue weighted by Crippen LogP contribution is 2.13. The molecular weight excluding hydrogens is 270 g/mol. The number of nitrogens with zero attached hydrogens (tertiary/aromatic N) is 3. The summed E-state index contributed by atoms with van der Waals surface area (Å²) >= 11 is 0. The van der Waals surface area contributed by atoms with Crippen LogP contribution in [0.25, 0.3) is 0 Å². The van der Waals surface area contributed by atoms with Crippen LogP contribution in [0.2, 0.25) is 0 Å². The van der Waals surface area contributed by atoms with Crippen molar-refractivity contribution in [2.45, 2.75) is 20.0 Å². The van der Waals surface area contributed by atoms with E-state index >= 15 is 0 Å². The van der Waals surface area contributed by atoms with E-state index in [1.165, 1.54) is 0 Å². The van der Waals surface area contributed by atoms with Crippen molar-refractivity contribution in [2.24, 2.45) is 5.84 Å². The second-order valence-corrected chi connectivity index (χ2v) is 4.21. The van der Waals surface area contributed by atoms with E-state index in [1.807, 2.05) is 25.1 Å². The number of anilines is 1. The molecule has 0 atom stereocenters. The third kappa shape index (κ3) is 4.97. The molecule has 112 valence electrons. The van der Waals surface area contributed by atoms with Gasteiger partial charge in [0.15, 0.2) is 5.82 Å². The molecule has 0 unspecified atom stereocenters. The summed E-state index contributed by atoms with van der Waals surface area (Å²) in [6, 6.07) is 7.43. The summed E-state index contributed by atoms with van der Waals surface area (Å²) in [7, 11) is 0. The fourth-order valence-electron chi connectivity index (χ4n) is 1.68. The van der Waals surface area contributed by atoms with Gasteiger partial charge in [-0.2, -0.15) is 4.98 Å². The molecule has 0 saturated heterocycles. The summed E-state index contributed by atoms with van der Waals surface area (Å²) in [5.74, 6) is 6.87. The van der Waals surface area contributed by atoms with E-state index in [4.69, 9.17) is 15.3 Å². The minimum Gasteiger partial charge on any atom is -0.477 e. The van der Waals surface area contributed by atoms with Crippen molar-refractivity contribution in [3.63, 3.8) is 0 Å². The number of hydrazine groups is 1. The molecule has 2 heterocycles. The lowest BCUT2D eigenvalue weighted by Gasteiger charge is -2.09. The van der Waals surface area contributed by atoms with Crippen LogP contribution in [0.3, 0.4) is 0 Å². The Balaban J connectivity index is 1.95. The lowest BCUT2D eigenvalue weighted by atomic mass is 10.3. The summed E-state index contributed by atoms with van der Waals surface area (Å²) in [6.45, 7) is 3.31. The van der Waals surface area contributed by atoms with Gasteiger partial charge < -0.3 is 14.9 Å². The average molecular weight is 289 g/mol. The third-order valence-electron chi connectivity index (χ3n) is 2.67. The maximum Gasteiger partial charge on any atom is 0.218 e. The lowest BCUT2D eigenvalue weighted by molar-refractivity contribution is 0.127. The summed E-state index contributed by atoms with van der Waals surface area (Å²) < 4.78 is 10.9. The monoisotopic (exact) mass is 289 g/mol. The predicted molar refractivity (Wildman–Crippen MR) is 78.6 cm³/mol. The van der Waals surface area contributed by atoms with Gasteiger partial charge in [-0.15, -0.1) is 0 Å². The molecule has 2 aromatic rings. The maximum atomic E-state index is 5.63. The molecule has 0 saturated carbocycles. The Morgan fingerprint density at radius 1 is 1.29 bits per heavy atom. The molecule has 0 aliphatic rings. The Hall–Kier alpha value is -2.25. The van der Waals surface area contributed by atoms with Crippen LogP contribution in [0.15, 0.2) is 30.5 Å². The van der Waals surface area contributed by atoms with Crippen LogP contribution in [0.4, 0.5) is 5.82 Å². The molecule has 2 rings (SSSR count). The van der Waals surface area contributed by atoms with Gasteiger partial charge in [-0.25, -0.2) is 10.8 Å². The van der Waals surface area contributed by atoms with Gasteiger partial charge in [-0.05, 0) is 19.1 Å². The number of rotatable bonds is 8. The van der Waals surface area contributed by atoms with E-state index in [-0.39, 0.29) is 0 Å². The van der Waals surface area contributed by atoms with Crippen LogP contribution in [-0.2, 0) is 17.8 Å². The molecule has 3 N–H and O–H groups in total. The van der Waals surface area contributed by atoms with Crippen molar-refractivity contribution in [3.8, 4) is 5.88 Å². The van der Waals surface area contributed by atoms with Crippen LogP contribution in [0.1, 0.15) is 18.4 Å². The number of pyridine rings is 1. The number of aromatic nitrogens is 3. The molecule has 0 radical (unpaired) electrons. The molecule has 7 nitrogen and oxygen atoms in total. The van der Waals surface area contributed by atoms with Gasteiger partial charge in [0.1, 0.15) is 12.4 Å². The van der Waals surface area contributed by atoms with Crippen LogP contribution in [0, 0.1) is 0 Å². The summed E-state index contributed by atoms with van der Waals surface area (Å²) in [6.07, 6.45) is 2.47. The minimum absolute atomic E-state index is 0.322. The van der Waals surface area contributed by atoms with Gasteiger partial charge in [0.05, 0.1) is 6.61 Å². The molecule has 0 aliphatic carbocycles. The molecule has 21 heavy (non-hydrogen) atoms. The Morgan fingerprint density at radius 3 is 2.90 bits per heavy atom. The zero-order valence-corrected chi connectivity index (χ0v) is 12.0. The number of nitrogens with two attached hydrogens (primary N) is 1. The van der Waals surface area contributed by atoms with Crippen molar-refractivity contribution in [2.75, 3.05) is 18.6 Å². The largest absolute Gasteiger partial charge is 0.477 e. The van der Waals surface area contributed by atoms with E-state index in [0.29, 0.717) is 43.8 Å². The van der Waals surface area contributed by atoms with Crippen LogP contribution in [-0.4, -0.2) is 28.2 Å². The van der Waals surface area contributed by atoms with E-state index < -0.39 is 0 Å². The van der Waals surface area contributed by atoms with Crippen molar-refractivity contribution in [1.82, 2.24) is 15.0 Å². The summed E-state index contributed by atoms with van der Waals surface area (Å²) in [5.41, 5.74) is 3.46. The standard InChI is InChI=1S/C14H19N5O2/c1-2-20-10-13-17-12(19-15)9-14(18-13)21-8-6-11-5-3-4-7-16-11/h3-5,7,9H,2,6,8,10,15H2,1H3,(H,17,18,19). The Bertz CT molecular complexity index is 550. The molecule has 7 heteroatoms. The van der Waals surface area contributed by atoms with Crippen molar-refractivity contribution >= 4 is 5.82 Å². The second kappa shape index (κ2) is 8.13. The average Bonchev–Trinajstić information content (AvgIpc) is 2.53. The molecule has 0 aliphatic heterocycles. The van der Waals surface area contributed by atoms with Gasteiger partial charge >= 0.3 is 0 Å². The first kappa shape index (κ1) is 15.1. The van der Waals surface area contributed by atoms with Crippen LogP contribution < -0.4 is 16.0 Å². The molecule has 0 fully saturated rings. The first-order valence-corrected chi connectivity index (χ1v) is 6.77. The van der Waals surface area contributed by atoms with Crippen LogP contribution in [0.5, 0.6) is 5.88 Å². The van der Waals surface area contributed by atoms with E-state index in [1.54, 1.807) is 12.3 Å². The quantitative estimate of drug-likeness (QED) is 0.559. The highest BCUT2D eigenvalue weighted by Gasteiger charge is 2.05. The topological polar surface area (TPSA) is 95.2 Å². The fourth-order valence-corrected chi connectivity index (χ4v) is 1.68. The number of hydrogen-bond donors (Lipinski definition) is 2. The maximum absolute atomic E-state index is 5.63. The highest BCUT2D eigenvalue weighted by atomic mass is 16.5. The first-order chi connectivity index (χ1) is 10.3. The number of nitrogen functional groups attached to an aromatic ring is 1. The SMILES string of the molecule is CCOCc1nc(NN)cc(OCCc2ccccn2)n1. The van der Waals surface area contributed by atoms with Crippen molar-refractivity contribution in [1.29, 1.82) is 0 Å². The zero-order valence-electron chi connectivity index (χ0n) is 12.0. The molecular formula is C14H19N5O2.